The molecule has 0 rings (SSSR count). The molecule has 0 heterocycles. The predicted octanol–water partition coefficient (Wildman–Crippen LogP) is -0.613. The van der Waals surface area contributed by atoms with Gasteiger partial charge in [0.1, 0.15) is 6.04 Å². The molecule has 0 bridgehead atoms. The summed E-state index contributed by atoms with van der Waals surface area (Å²) in [5, 5.41) is 0. The molecule has 0 amide bonds. The molecule has 0 aliphatic rings. The Morgan fingerprint density at radius 1 is 1.56 bits per heavy atom. The smallest absolute Gasteiger partial charge is 0.341 e. The van der Waals surface area contributed by atoms with Gasteiger partial charge in [-0.05, 0) is 5.92 Å². The van der Waals surface area contributed by atoms with Gasteiger partial charge in [0.05, 0.1) is 0 Å². The van der Waals surface area contributed by atoms with Crippen molar-refractivity contribution in [2.45, 2.75) is 19.9 Å². The molecule has 0 fully saturated rings. The summed E-state index contributed by atoms with van der Waals surface area (Å²) in [7, 11) is 0. The van der Waals surface area contributed by atoms with Crippen molar-refractivity contribution in [2.24, 2.45) is 17.5 Å². The van der Waals surface area contributed by atoms with Gasteiger partial charge in [0.15, 0.2) is 0 Å². The van der Waals surface area contributed by atoms with Gasteiger partial charge in [0.2, 0.25) is 0 Å². The topological polar surface area (TPSA) is 78.3 Å². The second-order valence-corrected chi connectivity index (χ2v) is 2.21. The van der Waals surface area contributed by atoms with Crippen LogP contribution in [0, 0.1) is 5.92 Å². The van der Waals surface area contributed by atoms with E-state index in [0.29, 0.717) is 0 Å². The van der Waals surface area contributed by atoms with Crippen LogP contribution in [-0.2, 0) is 9.63 Å². The highest BCUT2D eigenvalue weighted by atomic mass is 16.7. The van der Waals surface area contributed by atoms with Crippen molar-refractivity contribution >= 4 is 5.97 Å². The molecule has 0 radical (unpaired) electrons. The van der Waals surface area contributed by atoms with Crippen molar-refractivity contribution in [3.63, 3.8) is 0 Å². The minimum Gasteiger partial charge on any atom is -0.372 e. The van der Waals surface area contributed by atoms with Gasteiger partial charge in [0, 0.05) is 0 Å². The predicted molar refractivity (Wildman–Crippen MR) is 33.1 cm³/mol. The summed E-state index contributed by atoms with van der Waals surface area (Å²) in [6.45, 7) is 3.64. The van der Waals surface area contributed by atoms with E-state index in [1.165, 1.54) is 0 Å². The quantitative estimate of drug-likeness (QED) is 0.491. The number of hydrogen-bond donors (Lipinski definition) is 2. The van der Waals surface area contributed by atoms with Gasteiger partial charge in [0.25, 0.3) is 0 Å². The lowest BCUT2D eigenvalue weighted by Gasteiger charge is -2.10. The molecule has 0 aromatic heterocycles. The van der Waals surface area contributed by atoms with Crippen LogP contribution in [0.4, 0.5) is 0 Å². The van der Waals surface area contributed by atoms with Crippen molar-refractivity contribution < 1.29 is 9.63 Å². The van der Waals surface area contributed by atoms with E-state index < -0.39 is 12.0 Å². The summed E-state index contributed by atoms with van der Waals surface area (Å²) in [6, 6.07) is -0.602. The first kappa shape index (κ1) is 8.39. The number of carbonyl (C=O) groups excluding carboxylic acids is 1. The van der Waals surface area contributed by atoms with Gasteiger partial charge >= 0.3 is 5.97 Å². The number of nitrogens with two attached hydrogens (primary N) is 2. The molecule has 9 heavy (non-hydrogen) atoms. The second kappa shape index (κ2) is 3.42. The maximum absolute atomic E-state index is 10.5. The van der Waals surface area contributed by atoms with Gasteiger partial charge < -0.3 is 10.6 Å². The first-order chi connectivity index (χ1) is 4.09. The van der Waals surface area contributed by atoms with Crippen LogP contribution in [-0.4, -0.2) is 12.0 Å². The lowest BCUT2D eigenvalue weighted by molar-refractivity contribution is -0.146. The summed E-state index contributed by atoms with van der Waals surface area (Å²) in [5.41, 5.74) is 5.32. The normalized spacial score (nSPS) is 13.4. The van der Waals surface area contributed by atoms with Crippen LogP contribution in [0.5, 0.6) is 0 Å². The first-order valence-electron chi connectivity index (χ1n) is 2.75. The van der Waals surface area contributed by atoms with Crippen LogP contribution in [0.3, 0.4) is 0 Å². The van der Waals surface area contributed by atoms with E-state index in [2.05, 4.69) is 10.7 Å². The molecule has 4 heteroatoms. The van der Waals surface area contributed by atoms with Crippen molar-refractivity contribution in [3.8, 4) is 0 Å². The highest BCUT2D eigenvalue weighted by Gasteiger charge is 2.17. The zero-order valence-electron chi connectivity index (χ0n) is 5.63. The molecule has 4 N–H and O–H groups in total. The van der Waals surface area contributed by atoms with Crippen molar-refractivity contribution in [1.82, 2.24) is 0 Å². The molecule has 0 saturated carbocycles. The molecular weight excluding hydrogens is 120 g/mol. The third-order valence-corrected chi connectivity index (χ3v) is 1.11. The summed E-state index contributed by atoms with van der Waals surface area (Å²) < 4.78 is 0. The second-order valence-electron chi connectivity index (χ2n) is 2.21. The van der Waals surface area contributed by atoms with Gasteiger partial charge in [-0.3, -0.25) is 0 Å². The molecule has 4 nitrogen and oxygen atoms in total. The third kappa shape index (κ3) is 2.43. The lowest BCUT2D eigenvalue weighted by Crippen LogP contribution is -2.38. The van der Waals surface area contributed by atoms with Crippen LogP contribution in [0.25, 0.3) is 0 Å². The van der Waals surface area contributed by atoms with Crippen LogP contribution in [0.15, 0.2) is 0 Å². The monoisotopic (exact) mass is 132 g/mol. The summed E-state index contributed by atoms with van der Waals surface area (Å²) in [6.07, 6.45) is 0. The minimum atomic E-state index is -0.602. The largest absolute Gasteiger partial charge is 0.372 e. The Morgan fingerprint density at radius 3 is 2.11 bits per heavy atom. The zero-order chi connectivity index (χ0) is 7.44. The first-order valence-corrected chi connectivity index (χ1v) is 2.75. The van der Waals surface area contributed by atoms with Crippen molar-refractivity contribution in [2.75, 3.05) is 0 Å². The minimum absolute atomic E-state index is 0.0704. The fraction of sp³-hybridized carbons (Fsp3) is 0.800. The summed E-state index contributed by atoms with van der Waals surface area (Å²) in [5.74, 6) is 4.09. The maximum atomic E-state index is 10.5. The Labute approximate surface area is 54.1 Å². The standard InChI is InChI=1S/C5H12N2O2/c1-3(2)4(6)5(8)9-7/h3-4H,6-7H2,1-2H3/t4-/m1/s1. The highest BCUT2D eigenvalue weighted by Crippen LogP contribution is 1.97. The number of carbonyl (C=O) groups is 1. The van der Waals surface area contributed by atoms with E-state index >= 15 is 0 Å². The molecule has 0 spiro atoms. The van der Waals surface area contributed by atoms with Gasteiger partial charge in [-0.1, -0.05) is 13.8 Å². The Kier molecular flexibility index (Phi) is 3.19. The zero-order valence-corrected chi connectivity index (χ0v) is 5.63. The number of hydrogen-bond acceptors (Lipinski definition) is 4. The van der Waals surface area contributed by atoms with E-state index in [-0.39, 0.29) is 5.92 Å². The van der Waals surface area contributed by atoms with Crippen LogP contribution >= 0.6 is 0 Å². The molecule has 0 aliphatic carbocycles. The fourth-order valence-corrected chi connectivity index (χ4v) is 0.351. The van der Waals surface area contributed by atoms with Crippen LogP contribution in [0.2, 0.25) is 0 Å². The van der Waals surface area contributed by atoms with Crippen LogP contribution in [0.1, 0.15) is 13.8 Å². The van der Waals surface area contributed by atoms with E-state index in [9.17, 15) is 4.79 Å². The van der Waals surface area contributed by atoms with E-state index in [1.54, 1.807) is 0 Å². The molecule has 0 aromatic carbocycles. The van der Waals surface area contributed by atoms with E-state index in [1.807, 2.05) is 13.8 Å². The average Bonchev–Trinajstić information content (AvgIpc) is 1.84. The Morgan fingerprint density at radius 2 is 2.00 bits per heavy atom. The number of rotatable bonds is 2. The Balaban J connectivity index is 3.72. The molecular formula is C5H12N2O2. The molecule has 0 unspecified atom stereocenters. The molecule has 0 saturated heterocycles. The average molecular weight is 132 g/mol. The highest BCUT2D eigenvalue weighted by molar-refractivity contribution is 5.75. The molecule has 0 aromatic rings. The summed E-state index contributed by atoms with van der Waals surface area (Å²) >= 11 is 0. The van der Waals surface area contributed by atoms with E-state index in [4.69, 9.17) is 5.73 Å². The Bertz CT molecular complexity index is 103. The van der Waals surface area contributed by atoms with Crippen molar-refractivity contribution in [1.29, 1.82) is 0 Å². The van der Waals surface area contributed by atoms with E-state index in [0.717, 1.165) is 0 Å². The molecule has 1 atom stereocenters. The van der Waals surface area contributed by atoms with Crippen molar-refractivity contribution in [3.05, 3.63) is 0 Å². The molecule has 54 valence electrons. The Hall–Kier alpha value is -0.610. The van der Waals surface area contributed by atoms with Gasteiger partial charge in [-0.15, -0.1) is 0 Å². The molecule has 0 aliphatic heterocycles. The SMILES string of the molecule is CC(C)[C@@H](N)C(=O)ON. The van der Waals surface area contributed by atoms with Gasteiger partial charge in [-0.2, -0.15) is 5.90 Å². The third-order valence-electron chi connectivity index (χ3n) is 1.11. The van der Waals surface area contributed by atoms with Gasteiger partial charge in [-0.25, -0.2) is 4.79 Å². The fourth-order valence-electron chi connectivity index (χ4n) is 0.351. The maximum Gasteiger partial charge on any atom is 0.341 e. The van der Waals surface area contributed by atoms with Crippen LogP contribution < -0.4 is 11.6 Å². The summed E-state index contributed by atoms with van der Waals surface area (Å²) in [4.78, 5) is 14.4. The lowest BCUT2D eigenvalue weighted by atomic mass is 10.1.